The van der Waals surface area contributed by atoms with Gasteiger partial charge in [-0.15, -0.1) is 24.0 Å². The predicted molar refractivity (Wildman–Crippen MR) is 137 cm³/mol. The first-order valence-electron chi connectivity index (χ1n) is 11.0. The van der Waals surface area contributed by atoms with Crippen LogP contribution in [0, 0.1) is 0 Å². The molecule has 1 aliphatic carbocycles. The summed E-state index contributed by atoms with van der Waals surface area (Å²) in [5, 5.41) is 11.6. The maximum absolute atomic E-state index is 5.42. The van der Waals surface area contributed by atoms with E-state index in [1.165, 1.54) is 25.7 Å². The van der Waals surface area contributed by atoms with Crippen molar-refractivity contribution in [3.05, 3.63) is 71.9 Å². The average Bonchev–Trinajstić information content (AvgIpc) is 3.58. The number of nitrogens with zero attached hydrogens (tertiary/aromatic N) is 3. The first-order chi connectivity index (χ1) is 15.3. The van der Waals surface area contributed by atoms with Crippen molar-refractivity contribution in [2.45, 2.75) is 51.2 Å². The maximum Gasteiger partial charge on any atom is 0.191 e. The van der Waals surface area contributed by atoms with E-state index in [0.29, 0.717) is 19.1 Å². The van der Waals surface area contributed by atoms with E-state index in [-0.39, 0.29) is 24.0 Å². The lowest BCUT2D eigenvalue weighted by molar-refractivity contribution is 0.414. The summed E-state index contributed by atoms with van der Waals surface area (Å²) < 4.78 is 12.8. The summed E-state index contributed by atoms with van der Waals surface area (Å²) in [5.41, 5.74) is 2.15. The van der Waals surface area contributed by atoms with Crippen LogP contribution in [0.1, 0.15) is 48.7 Å². The van der Waals surface area contributed by atoms with Gasteiger partial charge in [-0.3, -0.25) is 4.68 Å². The van der Waals surface area contributed by atoms with Crippen molar-refractivity contribution in [1.82, 2.24) is 20.4 Å². The number of benzene rings is 1. The number of hydrogen-bond acceptors (Lipinski definition) is 4. The molecule has 2 heterocycles. The average molecular weight is 549 g/mol. The third-order valence-electron chi connectivity index (χ3n) is 5.62. The molecule has 0 bridgehead atoms. The van der Waals surface area contributed by atoms with Crippen molar-refractivity contribution in [3.63, 3.8) is 0 Å². The molecule has 3 aromatic rings. The van der Waals surface area contributed by atoms with E-state index in [4.69, 9.17) is 19.2 Å². The molecule has 1 aliphatic rings. The van der Waals surface area contributed by atoms with Gasteiger partial charge in [-0.2, -0.15) is 5.10 Å². The first-order valence-corrected chi connectivity index (χ1v) is 11.0. The summed E-state index contributed by atoms with van der Waals surface area (Å²) in [6.07, 6.45) is 9.68. The minimum absolute atomic E-state index is 0. The van der Waals surface area contributed by atoms with Gasteiger partial charge < -0.3 is 19.8 Å². The topological polar surface area (TPSA) is 76.6 Å². The molecule has 0 atom stereocenters. The van der Waals surface area contributed by atoms with Crippen LogP contribution in [0.5, 0.6) is 5.75 Å². The minimum atomic E-state index is 0. The number of nitrogens with one attached hydrogen (secondary N) is 2. The van der Waals surface area contributed by atoms with Gasteiger partial charge in [0.05, 0.1) is 38.2 Å². The Morgan fingerprint density at radius 1 is 1.16 bits per heavy atom. The van der Waals surface area contributed by atoms with Gasteiger partial charge in [0.2, 0.25) is 0 Å². The smallest absolute Gasteiger partial charge is 0.191 e. The van der Waals surface area contributed by atoms with Gasteiger partial charge in [0.25, 0.3) is 0 Å². The van der Waals surface area contributed by atoms with Crippen molar-refractivity contribution in [2.75, 3.05) is 13.7 Å². The molecule has 0 aliphatic heterocycles. The third-order valence-corrected chi connectivity index (χ3v) is 5.62. The van der Waals surface area contributed by atoms with Crippen LogP contribution in [0.3, 0.4) is 0 Å². The molecule has 8 heteroatoms. The predicted octanol–water partition coefficient (Wildman–Crippen LogP) is 4.70. The lowest BCUT2D eigenvalue weighted by atomic mass is 10.2. The second-order valence-electron chi connectivity index (χ2n) is 7.85. The number of hydrogen-bond donors (Lipinski definition) is 2. The molecule has 1 saturated carbocycles. The maximum atomic E-state index is 5.42. The summed E-state index contributed by atoms with van der Waals surface area (Å²) in [5.74, 6) is 2.57. The van der Waals surface area contributed by atoms with Crippen LogP contribution in [0.4, 0.5) is 0 Å². The van der Waals surface area contributed by atoms with Crippen molar-refractivity contribution in [2.24, 2.45) is 4.99 Å². The van der Waals surface area contributed by atoms with Gasteiger partial charge in [0.15, 0.2) is 5.96 Å². The molecule has 1 fully saturated rings. The van der Waals surface area contributed by atoms with Crippen molar-refractivity contribution >= 4 is 29.9 Å². The molecule has 0 spiro atoms. The Kier molecular flexibility index (Phi) is 9.45. The second kappa shape index (κ2) is 12.5. The molecule has 0 amide bonds. The number of guanidine groups is 1. The van der Waals surface area contributed by atoms with E-state index in [9.17, 15) is 0 Å². The van der Waals surface area contributed by atoms with Gasteiger partial charge in [-0.25, -0.2) is 4.99 Å². The number of ether oxygens (including phenoxy) is 1. The normalized spacial score (nSPS) is 14.2. The Morgan fingerprint density at radius 3 is 2.69 bits per heavy atom. The summed E-state index contributed by atoms with van der Waals surface area (Å²) in [6.45, 7) is 1.95. The largest absolute Gasteiger partial charge is 0.497 e. The molecule has 0 radical (unpaired) electrons. The molecule has 2 N–H and O–H groups in total. The summed E-state index contributed by atoms with van der Waals surface area (Å²) in [4.78, 5) is 4.76. The number of halogens is 1. The molecule has 0 unspecified atom stereocenters. The molecule has 7 nitrogen and oxygen atoms in total. The van der Waals surface area contributed by atoms with E-state index in [1.807, 2.05) is 36.4 Å². The Hall–Kier alpha value is -2.49. The number of furan rings is 1. The highest BCUT2D eigenvalue weighted by Gasteiger charge is 2.17. The zero-order chi connectivity index (χ0) is 21.3. The van der Waals surface area contributed by atoms with Crippen molar-refractivity contribution in [3.8, 4) is 5.75 Å². The Labute approximate surface area is 206 Å². The molecule has 0 saturated heterocycles. The van der Waals surface area contributed by atoms with Crippen LogP contribution in [0.2, 0.25) is 0 Å². The number of aromatic nitrogens is 2. The summed E-state index contributed by atoms with van der Waals surface area (Å²) in [7, 11) is 1.67. The van der Waals surface area contributed by atoms with Gasteiger partial charge in [-0.05, 0) is 48.7 Å². The van der Waals surface area contributed by atoms with Crippen LogP contribution in [-0.2, 0) is 19.5 Å². The van der Waals surface area contributed by atoms with E-state index >= 15 is 0 Å². The molecule has 172 valence electrons. The van der Waals surface area contributed by atoms with E-state index in [2.05, 4.69) is 27.6 Å². The van der Waals surface area contributed by atoms with Crippen molar-refractivity contribution < 1.29 is 9.15 Å². The summed E-state index contributed by atoms with van der Waals surface area (Å²) >= 11 is 0. The Morgan fingerprint density at radius 2 is 1.97 bits per heavy atom. The molecule has 1 aromatic carbocycles. The Bertz CT molecular complexity index is 947. The monoisotopic (exact) mass is 549 g/mol. The second-order valence-corrected chi connectivity index (χ2v) is 7.85. The SMILES string of the molecule is COc1ccc(CN=C(NCCc2ccco2)NCc2ccn(C3CCCC3)n2)cc1.I. The van der Waals surface area contributed by atoms with Crippen LogP contribution in [-0.4, -0.2) is 29.4 Å². The quantitative estimate of drug-likeness (QED) is 0.230. The number of rotatable bonds is 9. The molecular formula is C24H32IN5O2. The van der Waals surface area contributed by atoms with Gasteiger partial charge >= 0.3 is 0 Å². The number of methoxy groups -OCH3 is 1. The lowest BCUT2D eigenvalue weighted by Gasteiger charge is -2.12. The highest BCUT2D eigenvalue weighted by molar-refractivity contribution is 14.0. The van der Waals surface area contributed by atoms with E-state index in [0.717, 1.165) is 41.7 Å². The van der Waals surface area contributed by atoms with Gasteiger partial charge in [-0.1, -0.05) is 25.0 Å². The number of aliphatic imine (C=N–C) groups is 1. The fraction of sp³-hybridized carbons (Fsp3) is 0.417. The van der Waals surface area contributed by atoms with Crippen LogP contribution in [0.15, 0.2) is 64.3 Å². The first kappa shape index (κ1) is 24.2. The van der Waals surface area contributed by atoms with E-state index < -0.39 is 0 Å². The third kappa shape index (κ3) is 7.01. The lowest BCUT2D eigenvalue weighted by Crippen LogP contribution is -2.38. The fourth-order valence-corrected chi connectivity index (χ4v) is 3.85. The fourth-order valence-electron chi connectivity index (χ4n) is 3.85. The van der Waals surface area contributed by atoms with Crippen molar-refractivity contribution in [1.29, 1.82) is 0 Å². The van der Waals surface area contributed by atoms with Gasteiger partial charge in [0.1, 0.15) is 11.5 Å². The van der Waals surface area contributed by atoms with Crippen LogP contribution in [0.25, 0.3) is 0 Å². The minimum Gasteiger partial charge on any atom is -0.497 e. The molecular weight excluding hydrogens is 517 g/mol. The van der Waals surface area contributed by atoms with Crippen LogP contribution >= 0.6 is 24.0 Å². The highest BCUT2D eigenvalue weighted by Crippen LogP contribution is 2.28. The van der Waals surface area contributed by atoms with Crippen LogP contribution < -0.4 is 15.4 Å². The standard InChI is InChI=1S/C24H31N5O2.HI/c1-30-22-10-8-19(9-11-22)17-26-24(25-14-12-23-7-4-16-31-23)27-18-20-13-15-29(28-20)21-5-2-3-6-21;/h4,7-11,13,15-16,21H,2-3,5-6,12,14,17-18H2,1H3,(H2,25,26,27);1H. The molecule has 4 rings (SSSR count). The molecule has 32 heavy (non-hydrogen) atoms. The Balaban J connectivity index is 0.00000289. The summed E-state index contributed by atoms with van der Waals surface area (Å²) in [6, 6.07) is 14.5. The highest BCUT2D eigenvalue weighted by atomic mass is 127. The zero-order valence-corrected chi connectivity index (χ0v) is 20.8. The van der Waals surface area contributed by atoms with Gasteiger partial charge in [0, 0.05) is 19.2 Å². The molecule has 2 aromatic heterocycles. The van der Waals surface area contributed by atoms with E-state index in [1.54, 1.807) is 13.4 Å². The zero-order valence-electron chi connectivity index (χ0n) is 18.5.